The van der Waals surface area contributed by atoms with Gasteiger partial charge in [0.05, 0.1) is 6.10 Å². The number of nitrogens with one attached hydrogen (secondary N) is 1. The molecule has 0 bridgehead atoms. The molecule has 3 nitrogen and oxygen atoms in total. The first-order chi connectivity index (χ1) is 8.88. The minimum Gasteiger partial charge on any atom is -0.491 e. The Bertz CT molecular complexity index is 401. The molecule has 0 aliphatic rings. The molecule has 0 aliphatic carbocycles. The number of carbonyl (C=O) groups is 1. The Kier molecular flexibility index (Phi) is 6.35. The van der Waals surface area contributed by atoms with E-state index in [4.69, 9.17) is 4.74 Å². The van der Waals surface area contributed by atoms with Gasteiger partial charge < -0.3 is 10.1 Å². The van der Waals surface area contributed by atoms with Gasteiger partial charge in [-0.25, -0.2) is 0 Å². The number of rotatable bonds is 6. The second-order valence-electron chi connectivity index (χ2n) is 5.08. The van der Waals surface area contributed by atoms with Gasteiger partial charge in [-0.3, -0.25) is 4.79 Å². The lowest BCUT2D eigenvalue weighted by atomic mass is 10.1. The lowest BCUT2D eigenvalue weighted by molar-refractivity contribution is 0.0938. The molecule has 0 heterocycles. The molecule has 19 heavy (non-hydrogen) atoms. The van der Waals surface area contributed by atoms with E-state index in [1.165, 1.54) is 0 Å². The number of hydrogen-bond acceptors (Lipinski definition) is 2. The van der Waals surface area contributed by atoms with Crippen LogP contribution in [0, 0.1) is 0 Å². The number of carbonyl (C=O) groups excluding carboxylic acids is 1. The molecule has 106 valence electrons. The van der Waals surface area contributed by atoms with E-state index in [0.29, 0.717) is 10.4 Å². The minimum absolute atomic E-state index is 0.0447. The van der Waals surface area contributed by atoms with E-state index < -0.39 is 0 Å². The molecule has 2 atom stereocenters. The van der Waals surface area contributed by atoms with E-state index in [1.54, 1.807) is 12.1 Å². The van der Waals surface area contributed by atoms with Crippen molar-refractivity contribution in [2.75, 3.05) is 0 Å². The molecule has 4 heteroatoms. The maximum atomic E-state index is 12.0. The van der Waals surface area contributed by atoms with Crippen molar-refractivity contribution >= 4 is 21.8 Å². The number of amides is 1. The average molecular weight is 328 g/mol. The van der Waals surface area contributed by atoms with Gasteiger partial charge in [-0.1, -0.05) is 22.9 Å². The second kappa shape index (κ2) is 7.53. The van der Waals surface area contributed by atoms with Crippen molar-refractivity contribution < 1.29 is 9.53 Å². The van der Waals surface area contributed by atoms with E-state index >= 15 is 0 Å². The summed E-state index contributed by atoms with van der Waals surface area (Å²) < 4.78 is 5.54. The molecule has 0 spiro atoms. The first-order valence-electron chi connectivity index (χ1n) is 6.60. The van der Waals surface area contributed by atoms with Crippen molar-refractivity contribution in [1.82, 2.24) is 5.32 Å². The number of halogens is 1. The zero-order valence-corrected chi connectivity index (χ0v) is 13.5. The normalized spacial score (nSPS) is 14.0. The largest absolute Gasteiger partial charge is 0.491 e. The van der Waals surface area contributed by atoms with Gasteiger partial charge in [-0.05, 0) is 51.5 Å². The lowest BCUT2D eigenvalue weighted by Gasteiger charge is -2.15. The summed E-state index contributed by atoms with van der Waals surface area (Å²) in [5.74, 6) is 0.741. The molecule has 1 aromatic rings. The van der Waals surface area contributed by atoms with Gasteiger partial charge in [-0.2, -0.15) is 0 Å². The Morgan fingerprint density at radius 1 is 1.21 bits per heavy atom. The van der Waals surface area contributed by atoms with Crippen LogP contribution in [-0.2, 0) is 0 Å². The van der Waals surface area contributed by atoms with Crippen molar-refractivity contribution in [2.24, 2.45) is 0 Å². The fraction of sp³-hybridized carbons (Fsp3) is 0.533. The molecule has 0 fully saturated rings. The van der Waals surface area contributed by atoms with E-state index in [-0.39, 0.29) is 18.1 Å². The molecular weight excluding hydrogens is 306 g/mol. The van der Waals surface area contributed by atoms with Crippen LogP contribution in [0.1, 0.15) is 44.5 Å². The summed E-state index contributed by atoms with van der Waals surface area (Å²) in [6.45, 7) is 8.03. The summed E-state index contributed by atoms with van der Waals surface area (Å²) in [4.78, 5) is 12.4. The number of alkyl halides is 1. The van der Waals surface area contributed by atoms with Gasteiger partial charge in [0.2, 0.25) is 0 Å². The van der Waals surface area contributed by atoms with E-state index in [2.05, 4.69) is 28.2 Å². The quantitative estimate of drug-likeness (QED) is 0.808. The Morgan fingerprint density at radius 2 is 1.79 bits per heavy atom. The average Bonchev–Trinajstić information content (AvgIpc) is 2.27. The SMILES string of the molecule is CC(Br)CC(C)NC(=O)c1ccc(OC(C)C)cc1. The predicted molar refractivity (Wildman–Crippen MR) is 82.1 cm³/mol. The zero-order valence-electron chi connectivity index (χ0n) is 11.9. The fourth-order valence-corrected chi connectivity index (χ4v) is 2.37. The van der Waals surface area contributed by atoms with E-state index in [1.807, 2.05) is 32.9 Å². The molecule has 1 N–H and O–H groups in total. The van der Waals surface area contributed by atoms with Gasteiger partial charge in [0.1, 0.15) is 5.75 Å². The molecular formula is C15H22BrNO2. The molecule has 1 aromatic carbocycles. The van der Waals surface area contributed by atoms with E-state index in [0.717, 1.165) is 12.2 Å². The lowest BCUT2D eigenvalue weighted by Crippen LogP contribution is -2.33. The number of ether oxygens (including phenoxy) is 1. The van der Waals surface area contributed by atoms with Crippen LogP contribution in [-0.4, -0.2) is 22.9 Å². The summed E-state index contributed by atoms with van der Waals surface area (Å²) in [5, 5.41) is 2.98. The first kappa shape index (κ1) is 16.0. The van der Waals surface area contributed by atoms with Crippen molar-refractivity contribution in [3.05, 3.63) is 29.8 Å². The molecule has 0 saturated heterocycles. The van der Waals surface area contributed by atoms with Crippen molar-refractivity contribution in [3.8, 4) is 5.75 Å². The summed E-state index contributed by atoms with van der Waals surface area (Å²) in [7, 11) is 0. The van der Waals surface area contributed by atoms with Crippen LogP contribution in [0.4, 0.5) is 0 Å². The van der Waals surface area contributed by atoms with Gasteiger partial charge in [0.15, 0.2) is 0 Å². The van der Waals surface area contributed by atoms with Crippen LogP contribution < -0.4 is 10.1 Å². The monoisotopic (exact) mass is 327 g/mol. The second-order valence-corrected chi connectivity index (χ2v) is 6.65. The molecule has 1 rings (SSSR count). The van der Waals surface area contributed by atoms with Crippen molar-refractivity contribution in [2.45, 2.75) is 51.1 Å². The molecule has 2 unspecified atom stereocenters. The molecule has 0 aromatic heterocycles. The van der Waals surface area contributed by atoms with Gasteiger partial charge in [-0.15, -0.1) is 0 Å². The maximum absolute atomic E-state index is 12.0. The molecule has 0 aliphatic heterocycles. The van der Waals surface area contributed by atoms with Crippen LogP contribution in [0.5, 0.6) is 5.75 Å². The standard InChI is InChI=1S/C15H22BrNO2/c1-10(2)19-14-7-5-13(6-8-14)15(18)17-12(4)9-11(3)16/h5-8,10-12H,9H2,1-4H3,(H,17,18). The number of hydrogen-bond donors (Lipinski definition) is 1. The fourth-order valence-electron chi connectivity index (χ4n) is 1.81. The van der Waals surface area contributed by atoms with E-state index in [9.17, 15) is 4.79 Å². The maximum Gasteiger partial charge on any atom is 0.251 e. The smallest absolute Gasteiger partial charge is 0.251 e. The highest BCUT2D eigenvalue weighted by molar-refractivity contribution is 9.09. The third kappa shape index (κ3) is 6.10. The summed E-state index contributed by atoms with van der Waals surface area (Å²) in [5.41, 5.74) is 0.658. The summed E-state index contributed by atoms with van der Waals surface area (Å²) in [6.07, 6.45) is 1.04. The topological polar surface area (TPSA) is 38.3 Å². The van der Waals surface area contributed by atoms with Crippen LogP contribution in [0.25, 0.3) is 0 Å². The van der Waals surface area contributed by atoms with Gasteiger partial charge >= 0.3 is 0 Å². The number of benzene rings is 1. The Hall–Kier alpha value is -1.03. The molecule has 0 radical (unpaired) electrons. The van der Waals surface area contributed by atoms with Crippen LogP contribution in [0.3, 0.4) is 0 Å². The highest BCUT2D eigenvalue weighted by atomic mass is 79.9. The third-order valence-corrected chi connectivity index (χ3v) is 2.92. The highest BCUT2D eigenvalue weighted by Gasteiger charge is 2.11. The Balaban J connectivity index is 2.57. The van der Waals surface area contributed by atoms with Crippen LogP contribution >= 0.6 is 15.9 Å². The minimum atomic E-state index is -0.0447. The zero-order chi connectivity index (χ0) is 14.4. The van der Waals surface area contributed by atoms with Crippen molar-refractivity contribution in [3.63, 3.8) is 0 Å². The predicted octanol–water partition coefficient (Wildman–Crippen LogP) is 3.77. The summed E-state index contributed by atoms with van der Waals surface area (Å²) in [6, 6.07) is 7.38. The summed E-state index contributed by atoms with van der Waals surface area (Å²) >= 11 is 3.49. The highest BCUT2D eigenvalue weighted by Crippen LogP contribution is 2.14. The van der Waals surface area contributed by atoms with Gasteiger partial charge in [0.25, 0.3) is 5.91 Å². The Labute approximate surface area is 123 Å². The van der Waals surface area contributed by atoms with Crippen LogP contribution in [0.2, 0.25) is 0 Å². The van der Waals surface area contributed by atoms with Gasteiger partial charge in [0, 0.05) is 16.4 Å². The molecule has 1 amide bonds. The first-order valence-corrected chi connectivity index (χ1v) is 7.51. The van der Waals surface area contributed by atoms with Crippen molar-refractivity contribution in [1.29, 1.82) is 0 Å². The molecule has 0 saturated carbocycles. The third-order valence-electron chi connectivity index (χ3n) is 2.54. The van der Waals surface area contributed by atoms with Crippen LogP contribution in [0.15, 0.2) is 24.3 Å². The Morgan fingerprint density at radius 3 is 2.26 bits per heavy atom.